The van der Waals surface area contributed by atoms with Crippen LogP contribution in [-0.4, -0.2) is 185 Å². The van der Waals surface area contributed by atoms with Crippen molar-refractivity contribution in [1.82, 2.24) is 12.9 Å². The maximum Gasteiger partial charge on any atom is 0.258 e. The minimum absolute atomic E-state index is 0.00237. The molecule has 0 bridgehead atoms. The molecule has 9 heterocycles. The summed E-state index contributed by atoms with van der Waals surface area (Å²) >= 11 is 1.18. The minimum Gasteiger partial charge on any atom is -0.454 e. The molecule has 4 unspecified atom stereocenters. The maximum atomic E-state index is 13.9. The van der Waals surface area contributed by atoms with Crippen LogP contribution in [0.3, 0.4) is 0 Å². The molecule has 3 saturated heterocycles. The molecule has 0 saturated carbocycles. The topological polar surface area (TPSA) is 300 Å². The number of hydrogen-bond donors (Lipinski definition) is 1. The molecule has 1 N–H and O–H groups in total. The van der Waals surface area contributed by atoms with E-state index in [1.165, 1.54) is 36.4 Å². The summed E-state index contributed by atoms with van der Waals surface area (Å²) in [7, 11) is -6.48. The van der Waals surface area contributed by atoms with Crippen LogP contribution in [0, 0.1) is 11.8 Å². The number of ether oxygens (including phenoxy) is 5. The van der Waals surface area contributed by atoms with Crippen molar-refractivity contribution in [3.8, 4) is 11.5 Å². The Morgan fingerprint density at radius 3 is 1.53 bits per heavy atom. The van der Waals surface area contributed by atoms with Crippen molar-refractivity contribution in [1.29, 1.82) is 0 Å². The summed E-state index contributed by atoms with van der Waals surface area (Å²) in [5.41, 5.74) is 8.05. The van der Waals surface area contributed by atoms with Gasteiger partial charge in [-0.15, -0.1) is 11.3 Å². The van der Waals surface area contributed by atoms with E-state index in [1.54, 1.807) is 89.9 Å². The first-order valence-electron chi connectivity index (χ1n) is 40.0. The SMILES string of the molecule is COC(C)CCN1C(=O)c2cccc3c(CC(=O)C4CCCCN4S(=O)(=O)c4cccs4)ccc1c23.COCCCN1C(=O)c2cccc3c(CC(=O)C4CCCN(S(=O)(=O)c5ccc6c(c5)OCO6)C4)ccc1c23.COCCCN1C(=O)c2cccc3c(CC(=O)C4CCCN(S(=O)(=O)c5ccc6c7c(cccc57)C(=O)N6)C4)ccc1c23. The third-order valence-electron chi connectivity index (χ3n) is 24.0. The number of amides is 4. The van der Waals surface area contributed by atoms with E-state index in [9.17, 15) is 58.8 Å². The van der Waals surface area contributed by atoms with Gasteiger partial charge in [0.25, 0.3) is 33.7 Å². The molecule has 3 fully saturated rings. The average molecular weight is 1680 g/mol. The number of ketones is 3. The fraction of sp³-hybridized carbons (Fsp3) is 0.360. The third kappa shape index (κ3) is 15.3. The van der Waals surface area contributed by atoms with Gasteiger partial charge in [-0.05, 0) is 176 Å². The number of rotatable bonds is 27. The molecule has 4 amide bonds. The number of carbonyl (C=O) groups is 7. The van der Waals surface area contributed by atoms with Crippen LogP contribution in [-0.2, 0) is 77.9 Å². The Bertz CT molecular complexity index is 6080. The van der Waals surface area contributed by atoms with E-state index in [1.807, 2.05) is 97.9 Å². The highest BCUT2D eigenvalue weighted by molar-refractivity contribution is 7.91. The van der Waals surface area contributed by atoms with Crippen molar-refractivity contribution in [2.45, 2.75) is 117 Å². The lowest BCUT2D eigenvalue weighted by Crippen LogP contribution is -2.48. The summed E-state index contributed by atoms with van der Waals surface area (Å²) in [5.74, 6) is -0.410. The summed E-state index contributed by atoms with van der Waals surface area (Å²) in [6.45, 7) is 6.12. The molecule has 0 spiro atoms. The van der Waals surface area contributed by atoms with Gasteiger partial charge in [-0.1, -0.05) is 79.2 Å². The minimum atomic E-state index is -3.92. The van der Waals surface area contributed by atoms with Gasteiger partial charge < -0.3 is 43.7 Å². The highest BCUT2D eigenvalue weighted by atomic mass is 32.2. The van der Waals surface area contributed by atoms with Gasteiger partial charge in [0, 0.05) is 179 Å². The fourth-order valence-corrected chi connectivity index (χ4v) is 23.9. The van der Waals surface area contributed by atoms with E-state index < -0.39 is 47.9 Å². The van der Waals surface area contributed by atoms with Crippen molar-refractivity contribution in [3.63, 3.8) is 0 Å². The molecule has 10 aromatic rings. The molecule has 1 aromatic heterocycles. The molecule has 8 aliphatic heterocycles. The molecular formula is C89H91N7O18S4. The predicted molar refractivity (Wildman–Crippen MR) is 450 cm³/mol. The zero-order chi connectivity index (χ0) is 82.5. The number of carbonyl (C=O) groups excluding carboxylic acids is 7. The Balaban J connectivity index is 0.000000133. The molecular weight excluding hydrogens is 1580 g/mol. The van der Waals surface area contributed by atoms with Crippen LogP contribution in [0.5, 0.6) is 11.5 Å². The van der Waals surface area contributed by atoms with E-state index in [0.29, 0.717) is 141 Å². The lowest BCUT2D eigenvalue weighted by atomic mass is 9.89. The molecule has 118 heavy (non-hydrogen) atoms. The highest BCUT2D eigenvalue weighted by Gasteiger charge is 2.42. The van der Waals surface area contributed by atoms with E-state index in [4.69, 9.17) is 23.7 Å². The van der Waals surface area contributed by atoms with Crippen molar-refractivity contribution in [3.05, 3.63) is 196 Å². The number of nitrogens with zero attached hydrogens (tertiary/aromatic N) is 6. The molecule has 29 heteroatoms. The van der Waals surface area contributed by atoms with Gasteiger partial charge in [0.15, 0.2) is 17.3 Å². The number of methoxy groups -OCH3 is 3. The molecule has 9 aromatic carbocycles. The van der Waals surface area contributed by atoms with E-state index in [-0.39, 0.29) is 100 Å². The fourth-order valence-electron chi connectivity index (χ4n) is 17.9. The Labute approximate surface area is 688 Å². The van der Waals surface area contributed by atoms with E-state index >= 15 is 0 Å². The van der Waals surface area contributed by atoms with Crippen LogP contribution < -0.4 is 29.5 Å². The first-order chi connectivity index (χ1) is 57.0. The van der Waals surface area contributed by atoms with Crippen molar-refractivity contribution in [2.75, 3.05) is 114 Å². The molecule has 0 aliphatic carbocycles. The average Bonchev–Trinajstić information content (AvgIpc) is 1.63. The molecule has 614 valence electrons. The second-order valence-electron chi connectivity index (χ2n) is 31.0. The highest BCUT2D eigenvalue weighted by Crippen LogP contribution is 2.46. The van der Waals surface area contributed by atoms with E-state index in [2.05, 4.69) is 5.32 Å². The van der Waals surface area contributed by atoms with Crippen LogP contribution in [0.4, 0.5) is 22.7 Å². The zero-order valence-corrected chi connectivity index (χ0v) is 69.2. The number of hydrogen-bond acceptors (Lipinski definition) is 19. The number of benzene rings is 9. The number of Topliss-reactive ketones (excluding diaryl/α,β-unsaturated/α-hetero) is 3. The van der Waals surface area contributed by atoms with Crippen LogP contribution in [0.2, 0.25) is 0 Å². The largest absolute Gasteiger partial charge is 0.454 e. The Morgan fingerprint density at radius 2 is 1.01 bits per heavy atom. The first kappa shape index (κ1) is 81.6. The summed E-state index contributed by atoms with van der Waals surface area (Å²) in [5, 5.41) is 10.9. The first-order valence-corrected chi connectivity index (χ1v) is 45.2. The Morgan fingerprint density at radius 1 is 0.500 bits per heavy atom. The monoisotopic (exact) mass is 1670 g/mol. The van der Waals surface area contributed by atoms with Crippen LogP contribution >= 0.6 is 11.3 Å². The van der Waals surface area contributed by atoms with Crippen molar-refractivity contribution >= 4 is 148 Å². The Kier molecular flexibility index (Phi) is 23.4. The van der Waals surface area contributed by atoms with Crippen LogP contribution in [0.25, 0.3) is 43.1 Å². The number of sulfonamides is 3. The molecule has 8 aliphatic rings. The standard InChI is InChI=1S/C33H31N3O6S.C29H30N2O7S.C27H30N2O5S2/c1-42-17-5-16-36-27-13-11-20(22-7-2-10-25(31(22)27)33(36)39)18-28(37)21-6-4-15-35(19-21)43(40,41)29-14-12-26-30-23(29)8-3-9-24(30)32(38)34-26;1-36-14-4-13-31-24-10-8-19(22-6-2-7-23(28(22)24)29(31)33)15-25(32)20-5-3-12-30(17-20)39(34,35)21-9-11-26-27(16-21)38-18-37-26;1-18(34-2)13-15-28-23-12-11-19(20-7-5-8-21(26(20)23)27(28)31)17-24(30)22-9-3-4-14-29(22)36(32,33)25-10-6-16-35-25/h2-3,7-14,21H,4-6,15-19H2,1H3,(H,34,38);2,6-11,16,20H,3-5,12-15,17-18H2,1H3;5-8,10-12,16,18,22H,3-4,9,13-15,17H2,1-2H3. The van der Waals surface area contributed by atoms with Crippen molar-refractivity contribution < 1.29 is 82.5 Å². The smallest absolute Gasteiger partial charge is 0.258 e. The van der Waals surface area contributed by atoms with Gasteiger partial charge in [-0.2, -0.15) is 12.9 Å². The zero-order valence-electron chi connectivity index (χ0n) is 66.0. The molecule has 25 nitrogen and oxygen atoms in total. The molecule has 4 atom stereocenters. The second-order valence-corrected chi connectivity index (χ2v) is 37.9. The summed E-state index contributed by atoms with van der Waals surface area (Å²) in [6, 6.07) is 43.9. The van der Waals surface area contributed by atoms with Crippen molar-refractivity contribution in [2.24, 2.45) is 11.8 Å². The number of thiophene rings is 1. The van der Waals surface area contributed by atoms with Crippen LogP contribution in [0.15, 0.2) is 171 Å². The van der Waals surface area contributed by atoms with Crippen LogP contribution in [0.1, 0.15) is 129 Å². The summed E-state index contributed by atoms with van der Waals surface area (Å²) in [4.78, 5) is 98.2. The van der Waals surface area contributed by atoms with E-state index in [0.717, 1.165) is 91.8 Å². The number of anilines is 4. The number of piperidine rings is 3. The normalized spacial score (nSPS) is 18.7. The maximum absolute atomic E-state index is 13.9. The summed E-state index contributed by atoms with van der Waals surface area (Å²) in [6.07, 6.45) is 7.18. The third-order valence-corrected chi connectivity index (χ3v) is 31.1. The lowest BCUT2D eigenvalue weighted by Gasteiger charge is -2.33. The predicted octanol–water partition coefficient (Wildman–Crippen LogP) is 13.2. The molecule has 18 rings (SSSR count). The van der Waals surface area contributed by atoms with Gasteiger partial charge in [0.1, 0.15) is 15.8 Å². The number of nitrogens with one attached hydrogen (secondary N) is 1. The molecule has 0 radical (unpaired) electrons. The van der Waals surface area contributed by atoms with Gasteiger partial charge in [-0.3, -0.25) is 33.6 Å². The lowest BCUT2D eigenvalue weighted by molar-refractivity contribution is -0.124. The van der Waals surface area contributed by atoms with Gasteiger partial charge >= 0.3 is 0 Å². The van der Waals surface area contributed by atoms with Gasteiger partial charge in [0.2, 0.25) is 26.8 Å². The van der Waals surface area contributed by atoms with Gasteiger partial charge in [-0.25, -0.2) is 25.3 Å². The van der Waals surface area contributed by atoms with Gasteiger partial charge in [0.05, 0.1) is 39.0 Å². The quantitative estimate of drug-likeness (QED) is 0.0468. The number of fused-ring (bicyclic) bond motifs is 1. The summed E-state index contributed by atoms with van der Waals surface area (Å²) < 4.78 is 112. The second kappa shape index (κ2) is 33.9. The Hall–Kier alpha value is -10.2.